The second kappa shape index (κ2) is 8.56. The quantitative estimate of drug-likeness (QED) is 0.450. The second-order valence-electron chi connectivity index (χ2n) is 6.23. The number of methoxy groups -OCH3 is 2. The molecule has 31 heavy (non-hydrogen) atoms. The number of halogens is 2. The molecule has 1 aromatic carbocycles. The molecule has 8 nitrogen and oxygen atoms in total. The van der Waals surface area contributed by atoms with Crippen molar-refractivity contribution in [3.8, 4) is 11.9 Å². The molecular formula is C20H15F2N5O3S. The fourth-order valence-corrected chi connectivity index (χ4v) is 3.79. The molecule has 0 N–H and O–H groups in total. The summed E-state index contributed by atoms with van der Waals surface area (Å²) in [5.41, 5.74) is 0.512. The van der Waals surface area contributed by atoms with Gasteiger partial charge in [-0.1, -0.05) is 17.4 Å². The van der Waals surface area contributed by atoms with Crippen molar-refractivity contribution >= 4 is 32.6 Å². The molecule has 3 heterocycles. The zero-order chi connectivity index (χ0) is 22.0. The molecule has 11 heteroatoms. The summed E-state index contributed by atoms with van der Waals surface area (Å²) in [4.78, 5) is 31.2. The Bertz CT molecular complexity index is 1230. The van der Waals surface area contributed by atoms with Gasteiger partial charge in [-0.05, 0) is 18.2 Å². The number of nitrogens with zero attached hydrogens (tertiary/aromatic N) is 5. The van der Waals surface area contributed by atoms with E-state index in [1.54, 1.807) is 24.4 Å². The van der Waals surface area contributed by atoms with Crippen LogP contribution < -0.4 is 14.4 Å². The number of rotatable bonds is 6. The lowest BCUT2D eigenvalue weighted by atomic mass is 10.3. The molecule has 0 fully saturated rings. The van der Waals surface area contributed by atoms with Crippen LogP contribution in [0.15, 0.2) is 42.6 Å². The van der Waals surface area contributed by atoms with Crippen molar-refractivity contribution in [1.29, 1.82) is 0 Å². The third kappa shape index (κ3) is 4.26. The van der Waals surface area contributed by atoms with Gasteiger partial charge < -0.3 is 9.47 Å². The number of amides is 1. The van der Waals surface area contributed by atoms with Crippen LogP contribution in [-0.2, 0) is 6.54 Å². The fourth-order valence-electron chi connectivity index (χ4n) is 2.79. The third-order valence-electron chi connectivity index (χ3n) is 4.22. The number of anilines is 1. The predicted octanol–water partition coefficient (Wildman–Crippen LogP) is 3.62. The molecule has 1 amide bonds. The van der Waals surface area contributed by atoms with Gasteiger partial charge in [-0.15, -0.1) is 0 Å². The lowest BCUT2D eigenvalue weighted by molar-refractivity contribution is 0.0978. The molecule has 0 spiro atoms. The Labute approximate surface area is 179 Å². The molecule has 0 aliphatic carbocycles. The number of ether oxygens (including phenoxy) is 2. The number of fused-ring (bicyclic) bond motifs is 1. The zero-order valence-corrected chi connectivity index (χ0v) is 17.2. The Hall–Kier alpha value is -3.73. The molecule has 0 radical (unpaired) electrons. The minimum absolute atomic E-state index is 0.0226. The van der Waals surface area contributed by atoms with Gasteiger partial charge in [-0.25, -0.2) is 13.8 Å². The van der Waals surface area contributed by atoms with E-state index in [-0.39, 0.29) is 39.5 Å². The molecular weight excluding hydrogens is 428 g/mol. The van der Waals surface area contributed by atoms with Crippen molar-refractivity contribution in [3.63, 3.8) is 0 Å². The number of pyridine rings is 1. The molecule has 158 valence electrons. The van der Waals surface area contributed by atoms with Crippen LogP contribution in [0.3, 0.4) is 0 Å². The topological polar surface area (TPSA) is 90.3 Å². The Kier molecular flexibility index (Phi) is 5.67. The smallest absolute Gasteiger partial charge is 0.320 e. The predicted molar refractivity (Wildman–Crippen MR) is 109 cm³/mol. The number of carbonyl (C=O) groups excluding carboxylic acids is 1. The summed E-state index contributed by atoms with van der Waals surface area (Å²) in [6.45, 7) is 0.0260. The van der Waals surface area contributed by atoms with E-state index < -0.39 is 17.5 Å². The number of benzene rings is 1. The minimum Gasteiger partial charge on any atom is -0.481 e. The van der Waals surface area contributed by atoms with E-state index in [0.29, 0.717) is 5.69 Å². The number of hydrogen-bond acceptors (Lipinski definition) is 8. The highest BCUT2D eigenvalue weighted by Crippen LogP contribution is 2.33. The van der Waals surface area contributed by atoms with Gasteiger partial charge in [-0.3, -0.25) is 14.7 Å². The van der Waals surface area contributed by atoms with Crippen molar-refractivity contribution in [2.24, 2.45) is 0 Å². The normalized spacial score (nSPS) is 10.8. The van der Waals surface area contributed by atoms with E-state index >= 15 is 0 Å². The van der Waals surface area contributed by atoms with Crippen LogP contribution >= 0.6 is 11.3 Å². The summed E-state index contributed by atoms with van der Waals surface area (Å²) in [7, 11) is 2.76. The van der Waals surface area contributed by atoms with Crippen molar-refractivity contribution in [1.82, 2.24) is 19.9 Å². The van der Waals surface area contributed by atoms with Crippen LogP contribution in [0, 0.1) is 11.6 Å². The van der Waals surface area contributed by atoms with E-state index in [9.17, 15) is 13.6 Å². The first-order chi connectivity index (χ1) is 15.0. The van der Waals surface area contributed by atoms with E-state index in [1.165, 1.54) is 31.3 Å². The fraction of sp³-hybridized carbons (Fsp3) is 0.150. The van der Waals surface area contributed by atoms with Gasteiger partial charge in [0, 0.05) is 18.3 Å². The highest BCUT2D eigenvalue weighted by atomic mass is 32.1. The lowest BCUT2D eigenvalue weighted by Crippen LogP contribution is -2.31. The van der Waals surface area contributed by atoms with Crippen molar-refractivity contribution in [3.05, 3.63) is 65.6 Å². The Morgan fingerprint density at radius 2 is 1.94 bits per heavy atom. The van der Waals surface area contributed by atoms with Gasteiger partial charge >= 0.3 is 6.01 Å². The molecule has 0 bridgehead atoms. The van der Waals surface area contributed by atoms with Crippen molar-refractivity contribution in [2.75, 3.05) is 19.1 Å². The standard InChI is InChI=1S/C20H15F2N5O3S/c1-29-16-9-14(24-19(25-16)30-2)18(28)27(10-12-5-3-4-6-23-12)20-26-17-13(22)7-11(21)8-15(17)31-20/h3-9H,10H2,1-2H3. The van der Waals surface area contributed by atoms with E-state index in [4.69, 9.17) is 9.47 Å². The summed E-state index contributed by atoms with van der Waals surface area (Å²) in [5.74, 6) is -1.98. The first-order valence-corrected chi connectivity index (χ1v) is 9.74. The highest BCUT2D eigenvalue weighted by Gasteiger charge is 2.26. The van der Waals surface area contributed by atoms with Gasteiger partial charge in [0.25, 0.3) is 5.91 Å². The average Bonchev–Trinajstić information content (AvgIpc) is 3.21. The first-order valence-electron chi connectivity index (χ1n) is 8.93. The molecule has 0 atom stereocenters. The number of carbonyl (C=O) groups is 1. The van der Waals surface area contributed by atoms with Gasteiger partial charge in [0.05, 0.1) is 31.2 Å². The summed E-state index contributed by atoms with van der Waals surface area (Å²) in [6, 6.07) is 8.45. The van der Waals surface area contributed by atoms with Crippen LogP contribution in [0.25, 0.3) is 10.2 Å². The van der Waals surface area contributed by atoms with Gasteiger partial charge in [0.1, 0.15) is 17.0 Å². The Balaban J connectivity index is 1.82. The molecule has 0 saturated carbocycles. The van der Waals surface area contributed by atoms with Crippen LogP contribution in [0.1, 0.15) is 16.2 Å². The number of aromatic nitrogens is 4. The molecule has 0 aliphatic heterocycles. The molecule has 0 aliphatic rings. The van der Waals surface area contributed by atoms with Crippen LogP contribution in [-0.4, -0.2) is 40.1 Å². The van der Waals surface area contributed by atoms with E-state index in [1.807, 2.05) is 0 Å². The summed E-state index contributed by atoms with van der Waals surface area (Å²) in [5, 5.41) is 0.159. The summed E-state index contributed by atoms with van der Waals surface area (Å²) < 4.78 is 38.3. The minimum atomic E-state index is -0.812. The lowest BCUT2D eigenvalue weighted by Gasteiger charge is -2.19. The summed E-state index contributed by atoms with van der Waals surface area (Å²) in [6.07, 6.45) is 1.59. The summed E-state index contributed by atoms with van der Waals surface area (Å²) >= 11 is 0.976. The monoisotopic (exact) mass is 443 g/mol. The largest absolute Gasteiger partial charge is 0.481 e. The third-order valence-corrected chi connectivity index (χ3v) is 5.24. The first kappa shape index (κ1) is 20.5. The van der Waals surface area contributed by atoms with Gasteiger partial charge in [0.15, 0.2) is 10.9 Å². The van der Waals surface area contributed by atoms with Crippen molar-refractivity contribution in [2.45, 2.75) is 6.54 Å². The maximum atomic E-state index is 14.2. The molecule has 0 unspecified atom stereocenters. The molecule has 4 aromatic rings. The van der Waals surface area contributed by atoms with Crippen LogP contribution in [0.2, 0.25) is 0 Å². The second-order valence-corrected chi connectivity index (χ2v) is 7.23. The average molecular weight is 443 g/mol. The SMILES string of the molecule is COc1cc(C(=O)N(Cc2ccccn2)c2nc3c(F)cc(F)cc3s2)nc(OC)n1. The molecule has 4 rings (SSSR count). The van der Waals surface area contributed by atoms with Crippen molar-refractivity contribution < 1.29 is 23.0 Å². The Morgan fingerprint density at radius 3 is 2.65 bits per heavy atom. The maximum absolute atomic E-state index is 14.2. The van der Waals surface area contributed by atoms with E-state index in [0.717, 1.165) is 17.4 Å². The van der Waals surface area contributed by atoms with E-state index in [2.05, 4.69) is 19.9 Å². The Morgan fingerprint density at radius 1 is 1.10 bits per heavy atom. The highest BCUT2D eigenvalue weighted by molar-refractivity contribution is 7.22. The number of hydrogen-bond donors (Lipinski definition) is 0. The maximum Gasteiger partial charge on any atom is 0.320 e. The van der Waals surface area contributed by atoms with Crippen LogP contribution in [0.4, 0.5) is 13.9 Å². The van der Waals surface area contributed by atoms with Crippen LogP contribution in [0.5, 0.6) is 11.9 Å². The number of thiazole rings is 1. The molecule has 0 saturated heterocycles. The van der Waals surface area contributed by atoms with Gasteiger partial charge in [-0.2, -0.15) is 9.97 Å². The van der Waals surface area contributed by atoms with Gasteiger partial charge in [0.2, 0.25) is 5.88 Å². The zero-order valence-electron chi connectivity index (χ0n) is 16.4. The molecule has 3 aromatic heterocycles.